The summed E-state index contributed by atoms with van der Waals surface area (Å²) in [6.07, 6.45) is 2.57. The van der Waals surface area contributed by atoms with Gasteiger partial charge in [0.2, 0.25) is 0 Å². The van der Waals surface area contributed by atoms with Crippen molar-refractivity contribution in [3.63, 3.8) is 0 Å². The topological polar surface area (TPSA) is 12.5 Å². The Morgan fingerprint density at radius 2 is 2.21 bits per heavy atom. The van der Waals surface area contributed by atoms with E-state index in [1.165, 1.54) is 36.6 Å². The molecular weight excluding hydrogens is 254 g/mol. The highest BCUT2D eigenvalue weighted by Crippen LogP contribution is 2.39. The fraction of sp³-hybridized carbons (Fsp3) is 0.625. The molecule has 0 N–H and O–H groups in total. The molecule has 3 heteroatoms. The summed E-state index contributed by atoms with van der Waals surface area (Å²) in [4.78, 5) is 3.99. The zero-order valence-electron chi connectivity index (χ0n) is 11.7. The first-order valence-electron chi connectivity index (χ1n) is 7.31. The normalized spacial score (nSPS) is 26.6. The monoisotopic (exact) mass is 277 g/mol. The Morgan fingerprint density at radius 1 is 1.32 bits per heavy atom. The second kappa shape index (κ2) is 6.29. The van der Waals surface area contributed by atoms with Gasteiger partial charge in [-0.15, -0.1) is 11.8 Å². The lowest BCUT2D eigenvalue weighted by atomic mass is 9.98. The molecule has 2 aliphatic rings. The van der Waals surface area contributed by atoms with Crippen molar-refractivity contribution < 1.29 is 4.74 Å². The van der Waals surface area contributed by atoms with Crippen LogP contribution in [-0.2, 0) is 4.74 Å². The Bertz CT molecular complexity index is 417. The summed E-state index contributed by atoms with van der Waals surface area (Å²) in [5.41, 5.74) is 1.55. The molecule has 0 bridgehead atoms. The van der Waals surface area contributed by atoms with Gasteiger partial charge in [0, 0.05) is 36.3 Å². The molecule has 1 saturated heterocycles. The van der Waals surface area contributed by atoms with Crippen molar-refractivity contribution in [3.05, 3.63) is 29.8 Å². The highest BCUT2D eigenvalue weighted by atomic mass is 32.2. The number of likely N-dealkylation sites (N-methyl/N-ethyl adjacent to an activating group) is 1. The first kappa shape index (κ1) is 13.5. The van der Waals surface area contributed by atoms with Crippen molar-refractivity contribution in [2.45, 2.75) is 23.7 Å². The van der Waals surface area contributed by atoms with Crippen LogP contribution in [0.1, 0.15) is 24.3 Å². The van der Waals surface area contributed by atoms with Crippen LogP contribution in [0.4, 0.5) is 0 Å². The number of hydrogen-bond acceptors (Lipinski definition) is 3. The average Bonchev–Trinajstić information content (AvgIpc) is 2.83. The van der Waals surface area contributed by atoms with Gasteiger partial charge in [0.15, 0.2) is 0 Å². The molecule has 2 heterocycles. The number of hydrogen-bond donors (Lipinski definition) is 0. The second-order valence-electron chi connectivity index (χ2n) is 5.85. The van der Waals surface area contributed by atoms with E-state index in [1.807, 2.05) is 11.8 Å². The van der Waals surface area contributed by atoms with Crippen LogP contribution in [0, 0.1) is 5.92 Å². The number of fused-ring (bicyclic) bond motifs is 1. The fourth-order valence-electron chi connectivity index (χ4n) is 3.22. The Morgan fingerprint density at radius 3 is 3.05 bits per heavy atom. The van der Waals surface area contributed by atoms with Crippen LogP contribution in [0.3, 0.4) is 0 Å². The van der Waals surface area contributed by atoms with Gasteiger partial charge in [-0.25, -0.2) is 0 Å². The molecule has 1 aromatic carbocycles. The molecule has 0 amide bonds. The Hall–Kier alpha value is -0.510. The molecule has 1 aromatic rings. The van der Waals surface area contributed by atoms with Gasteiger partial charge in [-0.3, -0.25) is 0 Å². The minimum absolute atomic E-state index is 0.704. The van der Waals surface area contributed by atoms with E-state index in [1.54, 1.807) is 5.56 Å². The molecule has 0 aliphatic carbocycles. The van der Waals surface area contributed by atoms with E-state index in [4.69, 9.17) is 4.74 Å². The van der Waals surface area contributed by atoms with Crippen molar-refractivity contribution in [2.75, 3.05) is 39.1 Å². The summed E-state index contributed by atoms with van der Waals surface area (Å²) in [7, 11) is 2.26. The highest BCUT2D eigenvalue weighted by molar-refractivity contribution is 7.99. The molecule has 104 valence electrons. The van der Waals surface area contributed by atoms with E-state index in [0.29, 0.717) is 5.92 Å². The van der Waals surface area contributed by atoms with Crippen LogP contribution in [0.15, 0.2) is 29.2 Å². The quantitative estimate of drug-likeness (QED) is 0.838. The molecule has 0 saturated carbocycles. The minimum Gasteiger partial charge on any atom is -0.381 e. The third kappa shape index (κ3) is 3.33. The fourth-order valence-corrected chi connectivity index (χ4v) is 4.47. The molecule has 0 spiro atoms. The van der Waals surface area contributed by atoms with Gasteiger partial charge >= 0.3 is 0 Å². The summed E-state index contributed by atoms with van der Waals surface area (Å²) >= 11 is 2.01. The molecular formula is C16H23NOS. The van der Waals surface area contributed by atoms with Crippen molar-refractivity contribution in [1.29, 1.82) is 0 Å². The smallest absolute Gasteiger partial charge is 0.0506 e. The molecule has 0 aromatic heterocycles. The van der Waals surface area contributed by atoms with Gasteiger partial charge in [-0.05, 0) is 37.4 Å². The Balaban J connectivity index is 1.54. The predicted octanol–water partition coefficient (Wildman–Crippen LogP) is 3.23. The molecule has 0 radical (unpaired) electrons. The van der Waals surface area contributed by atoms with E-state index in [0.717, 1.165) is 19.1 Å². The third-order valence-corrected chi connectivity index (χ3v) is 5.41. The van der Waals surface area contributed by atoms with E-state index < -0.39 is 0 Å². The van der Waals surface area contributed by atoms with Crippen molar-refractivity contribution >= 4 is 11.8 Å². The predicted molar refractivity (Wildman–Crippen MR) is 80.9 cm³/mol. The third-order valence-electron chi connectivity index (χ3n) is 4.16. The molecule has 2 atom stereocenters. The second-order valence-corrected chi connectivity index (χ2v) is 6.91. The van der Waals surface area contributed by atoms with E-state index in [9.17, 15) is 0 Å². The van der Waals surface area contributed by atoms with Crippen LogP contribution in [0.25, 0.3) is 0 Å². The molecule has 2 nitrogen and oxygen atoms in total. The molecule has 2 aliphatic heterocycles. The molecule has 3 rings (SSSR count). The van der Waals surface area contributed by atoms with Crippen LogP contribution in [0.2, 0.25) is 0 Å². The van der Waals surface area contributed by atoms with Gasteiger partial charge in [0.25, 0.3) is 0 Å². The largest absolute Gasteiger partial charge is 0.381 e. The van der Waals surface area contributed by atoms with Crippen LogP contribution >= 0.6 is 11.8 Å². The molecule has 2 unspecified atom stereocenters. The first-order chi connectivity index (χ1) is 9.33. The van der Waals surface area contributed by atoms with Gasteiger partial charge < -0.3 is 9.64 Å². The maximum atomic E-state index is 5.58. The lowest BCUT2D eigenvalue weighted by Gasteiger charge is -2.28. The number of rotatable bonds is 4. The van der Waals surface area contributed by atoms with Gasteiger partial charge in [0.05, 0.1) is 6.61 Å². The highest BCUT2D eigenvalue weighted by Gasteiger charge is 2.25. The maximum Gasteiger partial charge on any atom is 0.0506 e. The van der Waals surface area contributed by atoms with Gasteiger partial charge in [0.1, 0.15) is 0 Å². The van der Waals surface area contributed by atoms with Crippen molar-refractivity contribution in [1.82, 2.24) is 4.90 Å². The van der Waals surface area contributed by atoms with Crippen LogP contribution < -0.4 is 0 Å². The summed E-state index contributed by atoms with van der Waals surface area (Å²) < 4.78 is 5.58. The van der Waals surface area contributed by atoms with E-state index in [2.05, 4.69) is 36.2 Å². The van der Waals surface area contributed by atoms with Crippen molar-refractivity contribution in [3.8, 4) is 0 Å². The zero-order valence-corrected chi connectivity index (χ0v) is 12.5. The number of ether oxygens (including phenoxy) is 1. The van der Waals surface area contributed by atoms with Gasteiger partial charge in [-0.1, -0.05) is 18.2 Å². The summed E-state index contributed by atoms with van der Waals surface area (Å²) in [6.45, 7) is 4.29. The Labute approximate surface area is 120 Å². The number of nitrogens with zero attached hydrogens (tertiary/aromatic N) is 1. The number of benzene rings is 1. The summed E-state index contributed by atoms with van der Waals surface area (Å²) in [5.74, 6) is 2.68. The zero-order chi connectivity index (χ0) is 13.1. The molecule has 19 heavy (non-hydrogen) atoms. The lowest BCUT2D eigenvalue weighted by molar-refractivity contribution is 0.0416. The summed E-state index contributed by atoms with van der Waals surface area (Å²) in [5, 5.41) is 0. The van der Waals surface area contributed by atoms with Crippen LogP contribution in [0.5, 0.6) is 0 Å². The van der Waals surface area contributed by atoms with E-state index >= 15 is 0 Å². The number of thioether (sulfide) groups is 1. The SMILES string of the molecule is CN(CC1CCCOC1)CC1CSc2ccccc21. The first-order valence-corrected chi connectivity index (χ1v) is 8.29. The van der Waals surface area contributed by atoms with Crippen molar-refractivity contribution in [2.24, 2.45) is 5.92 Å². The Kier molecular flexibility index (Phi) is 4.46. The molecule has 1 fully saturated rings. The van der Waals surface area contributed by atoms with Crippen LogP contribution in [-0.4, -0.2) is 44.0 Å². The lowest BCUT2D eigenvalue weighted by Crippen LogP contribution is -2.33. The standard InChI is InChI=1S/C16H23NOS/c1-17(9-13-5-4-8-18-11-13)10-14-12-19-16-7-3-2-6-15(14)16/h2-3,6-7,13-14H,4-5,8-12H2,1H3. The van der Waals surface area contributed by atoms with Gasteiger partial charge in [-0.2, -0.15) is 0 Å². The average molecular weight is 277 g/mol. The minimum atomic E-state index is 0.704. The maximum absolute atomic E-state index is 5.58. The summed E-state index contributed by atoms with van der Waals surface area (Å²) in [6, 6.07) is 8.89. The van der Waals surface area contributed by atoms with E-state index in [-0.39, 0.29) is 0 Å².